The van der Waals surface area contributed by atoms with E-state index in [9.17, 15) is 24.1 Å². The molecule has 0 aliphatic carbocycles. The number of hydrogen-bond acceptors (Lipinski definition) is 3. The van der Waals surface area contributed by atoms with Crippen molar-refractivity contribution in [1.82, 2.24) is 0 Å². The minimum Gasteiger partial charge on any atom is -0.478 e. The molecule has 0 amide bonds. The van der Waals surface area contributed by atoms with Gasteiger partial charge in [-0.2, -0.15) is 13.2 Å². The topological polar surface area (TPSA) is 71.4 Å². The first-order valence-corrected chi connectivity index (χ1v) is 6.57. The number of carboxylic acids is 1. The zero-order valence-electron chi connectivity index (χ0n) is 7.42. The third kappa shape index (κ3) is 2.68. The van der Waals surface area contributed by atoms with E-state index in [0.29, 0.717) is 18.2 Å². The molecule has 0 aliphatic heterocycles. The van der Waals surface area contributed by atoms with Crippen molar-refractivity contribution < 1.29 is 29.2 Å². The summed E-state index contributed by atoms with van der Waals surface area (Å²) in [6, 6.07) is 1.52. The summed E-state index contributed by atoms with van der Waals surface area (Å²) in [5.74, 6) is -1.70. The molecule has 0 saturated heterocycles. The van der Waals surface area contributed by atoms with E-state index < -0.39 is 46.6 Å². The molecule has 0 aliphatic rings. The maximum atomic E-state index is 12.2. The van der Waals surface area contributed by atoms with Crippen LogP contribution in [0.25, 0.3) is 0 Å². The Kier molecular flexibility index (Phi) is 3.51. The summed E-state index contributed by atoms with van der Waals surface area (Å²) >= 11 is -4.12. The van der Waals surface area contributed by atoms with Crippen molar-refractivity contribution in [2.75, 3.05) is 0 Å². The van der Waals surface area contributed by atoms with E-state index >= 15 is 0 Å². The zero-order valence-corrected chi connectivity index (χ0v) is 9.57. The smallest absolute Gasteiger partial charge is 0.416 e. The minimum absolute atomic E-state index is 0.317. The first-order chi connectivity index (χ1) is 7.23. The summed E-state index contributed by atoms with van der Waals surface area (Å²) < 4.78 is 57.5. The summed E-state index contributed by atoms with van der Waals surface area (Å²) in [7, 11) is 0. The van der Waals surface area contributed by atoms with Crippen LogP contribution in [0.2, 0.25) is 0 Å². The lowest BCUT2D eigenvalue weighted by Gasteiger charge is -2.07. The first kappa shape index (κ1) is 12.9. The highest BCUT2D eigenvalue weighted by Crippen LogP contribution is 2.32. The van der Waals surface area contributed by atoms with Crippen LogP contribution in [0.15, 0.2) is 18.2 Å². The van der Waals surface area contributed by atoms with E-state index in [0.717, 1.165) is 0 Å². The lowest BCUT2D eigenvalue weighted by molar-refractivity contribution is -0.137. The Hall–Kier alpha value is -1.19. The highest BCUT2D eigenvalue weighted by Gasteiger charge is 2.32. The second-order valence-electron chi connectivity index (χ2n) is 2.71. The fourth-order valence-corrected chi connectivity index (χ4v) is 2.33. The van der Waals surface area contributed by atoms with Crippen molar-refractivity contribution in [3.8, 4) is 0 Å². The molecule has 0 spiro atoms. The van der Waals surface area contributed by atoms with E-state index in [4.69, 9.17) is 5.11 Å². The lowest BCUT2D eigenvalue weighted by Crippen LogP contribution is -2.08. The van der Waals surface area contributed by atoms with Gasteiger partial charge in [0.2, 0.25) is 0 Å². The fourth-order valence-electron chi connectivity index (χ4n) is 1.00. The summed E-state index contributed by atoms with van der Waals surface area (Å²) in [6.45, 7) is 0. The van der Waals surface area contributed by atoms with Gasteiger partial charge in [-0.15, -0.1) is 0 Å². The van der Waals surface area contributed by atoms with Crippen LogP contribution in [0.4, 0.5) is 13.2 Å². The molecule has 0 fully saturated rings. The molecule has 0 saturated carbocycles. The molecular weight excluding hydrogens is 344 g/mol. The zero-order chi connectivity index (χ0) is 12.5. The van der Waals surface area contributed by atoms with E-state index in [1.54, 1.807) is 0 Å². The van der Waals surface area contributed by atoms with Gasteiger partial charge in [0.15, 0.2) is 0 Å². The van der Waals surface area contributed by atoms with Gasteiger partial charge in [-0.1, -0.05) is 0 Å². The molecule has 0 bridgehead atoms. The van der Waals surface area contributed by atoms with Crippen LogP contribution < -0.4 is 0 Å². The van der Waals surface area contributed by atoms with Crippen LogP contribution in [0.3, 0.4) is 0 Å². The largest absolute Gasteiger partial charge is 0.478 e. The van der Waals surface area contributed by atoms with Crippen molar-refractivity contribution in [3.63, 3.8) is 0 Å². The Bertz CT molecular complexity index is 496. The molecule has 88 valence electrons. The molecule has 0 unspecified atom stereocenters. The highest BCUT2D eigenvalue weighted by atomic mass is 127. The van der Waals surface area contributed by atoms with Gasteiger partial charge >= 0.3 is 31.9 Å². The third-order valence-electron chi connectivity index (χ3n) is 1.69. The highest BCUT2D eigenvalue weighted by molar-refractivity contribution is 14.2. The fraction of sp³-hybridized carbons (Fsp3) is 0.125. The predicted molar refractivity (Wildman–Crippen MR) is 52.5 cm³/mol. The average molecular weight is 348 g/mol. The number of alkyl halides is 3. The van der Waals surface area contributed by atoms with Crippen LogP contribution in [0.5, 0.6) is 0 Å². The quantitative estimate of drug-likeness (QED) is 0.835. The Morgan fingerprint density at radius 2 is 1.81 bits per heavy atom. The van der Waals surface area contributed by atoms with Gasteiger partial charge in [0, 0.05) is 0 Å². The molecule has 16 heavy (non-hydrogen) atoms. The van der Waals surface area contributed by atoms with Crippen molar-refractivity contribution in [2.45, 2.75) is 6.18 Å². The van der Waals surface area contributed by atoms with E-state index in [-0.39, 0.29) is 0 Å². The lowest BCUT2D eigenvalue weighted by atomic mass is 10.1. The van der Waals surface area contributed by atoms with Crippen LogP contribution in [-0.2, 0) is 12.3 Å². The predicted octanol–water partition coefficient (Wildman–Crippen LogP) is 2.77. The normalized spacial score (nSPS) is 11.8. The molecular formula is C8H4F3IO4. The maximum Gasteiger partial charge on any atom is 0.416 e. The maximum absolute atomic E-state index is 12.2. The SMILES string of the molecule is O=C(O)c1cc(C(F)(F)F)ccc1I(=O)=O. The van der Waals surface area contributed by atoms with Crippen LogP contribution in [0, 0.1) is 3.57 Å². The molecule has 1 rings (SSSR count). The Morgan fingerprint density at radius 1 is 1.25 bits per heavy atom. The molecule has 8 heteroatoms. The molecule has 0 aromatic heterocycles. The second kappa shape index (κ2) is 4.36. The monoisotopic (exact) mass is 348 g/mol. The molecule has 0 atom stereocenters. The molecule has 1 aromatic carbocycles. The Balaban J connectivity index is 3.46. The number of aromatic carboxylic acids is 1. The third-order valence-corrected chi connectivity index (χ3v) is 3.58. The summed E-state index contributed by atoms with van der Waals surface area (Å²) in [6.07, 6.45) is -4.70. The van der Waals surface area contributed by atoms with Crippen LogP contribution >= 0.6 is 19.8 Å². The Morgan fingerprint density at radius 3 is 2.19 bits per heavy atom. The van der Waals surface area contributed by atoms with Gasteiger partial charge in [0.05, 0.1) is 14.7 Å². The number of rotatable bonds is 2. The summed E-state index contributed by atoms with van der Waals surface area (Å²) in [5.41, 5.74) is -2.03. The Labute approximate surface area is 94.2 Å². The average Bonchev–Trinajstić information content (AvgIpc) is 2.15. The van der Waals surface area contributed by atoms with Crippen LogP contribution in [0.1, 0.15) is 15.9 Å². The van der Waals surface area contributed by atoms with Crippen molar-refractivity contribution >= 4 is 25.8 Å². The molecule has 1 N–H and O–H groups in total. The summed E-state index contributed by atoms with van der Waals surface area (Å²) in [5, 5.41) is 8.58. The molecule has 4 nitrogen and oxygen atoms in total. The number of hydrogen-bond donors (Lipinski definition) is 1. The van der Waals surface area contributed by atoms with Crippen molar-refractivity contribution in [3.05, 3.63) is 32.9 Å². The number of benzene rings is 1. The number of halogens is 4. The number of carbonyl (C=O) groups is 1. The molecule has 0 heterocycles. The van der Waals surface area contributed by atoms with Crippen molar-refractivity contribution in [1.29, 1.82) is 0 Å². The van der Waals surface area contributed by atoms with Gasteiger partial charge in [0.25, 0.3) is 0 Å². The minimum atomic E-state index is -4.70. The van der Waals surface area contributed by atoms with Gasteiger partial charge in [0.1, 0.15) is 0 Å². The van der Waals surface area contributed by atoms with Gasteiger partial charge in [-0.05, 0) is 18.2 Å². The van der Waals surface area contributed by atoms with Gasteiger partial charge < -0.3 is 5.11 Å². The molecule has 1 aromatic rings. The van der Waals surface area contributed by atoms with Crippen LogP contribution in [-0.4, -0.2) is 11.1 Å². The first-order valence-electron chi connectivity index (χ1n) is 3.73. The summed E-state index contributed by atoms with van der Waals surface area (Å²) in [4.78, 5) is 10.6. The van der Waals surface area contributed by atoms with Gasteiger partial charge in [-0.25, -0.2) is 10.9 Å². The molecule has 0 radical (unpaired) electrons. The van der Waals surface area contributed by atoms with E-state index in [1.165, 1.54) is 0 Å². The van der Waals surface area contributed by atoms with E-state index in [2.05, 4.69) is 0 Å². The van der Waals surface area contributed by atoms with Crippen molar-refractivity contribution in [2.24, 2.45) is 0 Å². The van der Waals surface area contributed by atoms with Gasteiger partial charge in [-0.3, -0.25) is 0 Å². The van der Waals surface area contributed by atoms with E-state index in [1.807, 2.05) is 0 Å². The second-order valence-corrected chi connectivity index (χ2v) is 5.12. The number of carboxylic acid groups (broad SMARTS) is 1. The standard InChI is InChI=1S/C8H4F3IO4/c9-8(10,11)4-1-2-6(12(15)16)5(3-4)7(13)14/h1-3H,(H,13,14).